The van der Waals surface area contributed by atoms with Crippen molar-refractivity contribution in [2.75, 3.05) is 13.7 Å². The van der Waals surface area contributed by atoms with Gasteiger partial charge >= 0.3 is 0 Å². The fourth-order valence-electron chi connectivity index (χ4n) is 1.57. The summed E-state index contributed by atoms with van der Waals surface area (Å²) in [6, 6.07) is 5.73. The van der Waals surface area contributed by atoms with Crippen molar-refractivity contribution in [3.8, 4) is 0 Å². The van der Waals surface area contributed by atoms with Crippen LogP contribution in [0.15, 0.2) is 22.7 Å². The van der Waals surface area contributed by atoms with E-state index in [2.05, 4.69) is 15.9 Å². The monoisotopic (exact) mass is 284 g/mol. The van der Waals surface area contributed by atoms with Gasteiger partial charge in [0.25, 0.3) is 0 Å². The molecule has 0 heterocycles. The van der Waals surface area contributed by atoms with E-state index in [4.69, 9.17) is 4.74 Å². The Morgan fingerprint density at radius 1 is 1.50 bits per heavy atom. The molecule has 0 bridgehead atoms. The lowest BCUT2D eigenvalue weighted by Gasteiger charge is -2.12. The number of carbonyl (C=O) groups excluding carboxylic acids is 1. The van der Waals surface area contributed by atoms with Gasteiger partial charge in [-0.25, -0.2) is 0 Å². The number of hydrogen-bond donors (Lipinski definition) is 0. The molecule has 2 nitrogen and oxygen atoms in total. The first-order valence-corrected chi connectivity index (χ1v) is 6.15. The fraction of sp³-hybridized carbons (Fsp3) is 0.462. The van der Waals surface area contributed by atoms with Crippen LogP contribution in [-0.2, 0) is 4.74 Å². The quantitative estimate of drug-likeness (QED) is 0.772. The van der Waals surface area contributed by atoms with Crippen LogP contribution in [-0.4, -0.2) is 19.5 Å². The Kier molecular flexibility index (Phi) is 5.16. The lowest BCUT2D eigenvalue weighted by atomic mass is 9.94. The predicted octanol–water partition coefficient (Wildman–Crippen LogP) is 3.61. The van der Waals surface area contributed by atoms with Gasteiger partial charge in [0.05, 0.1) is 0 Å². The molecule has 0 aliphatic carbocycles. The summed E-state index contributed by atoms with van der Waals surface area (Å²) in [5.74, 6) is 0.198. The highest BCUT2D eigenvalue weighted by atomic mass is 79.9. The summed E-state index contributed by atoms with van der Waals surface area (Å²) < 4.78 is 5.97. The first-order valence-electron chi connectivity index (χ1n) is 5.36. The van der Waals surface area contributed by atoms with Crippen molar-refractivity contribution in [3.05, 3.63) is 33.8 Å². The topological polar surface area (TPSA) is 26.3 Å². The normalized spacial score (nSPS) is 12.5. The Bertz CT molecular complexity index is 374. The van der Waals surface area contributed by atoms with Crippen LogP contribution in [0.1, 0.15) is 29.3 Å². The van der Waals surface area contributed by atoms with Crippen LogP contribution >= 0.6 is 15.9 Å². The number of ether oxygens (including phenoxy) is 1. The SMILES string of the molecule is COCCC(C)C(=O)c1cccc(Br)c1C. The first-order chi connectivity index (χ1) is 7.57. The van der Waals surface area contributed by atoms with E-state index in [1.54, 1.807) is 7.11 Å². The molecule has 0 saturated heterocycles. The lowest BCUT2D eigenvalue weighted by Crippen LogP contribution is -2.14. The molecular formula is C13H17BrO2. The van der Waals surface area contributed by atoms with Gasteiger partial charge in [-0.2, -0.15) is 0 Å². The summed E-state index contributed by atoms with van der Waals surface area (Å²) in [5.41, 5.74) is 1.81. The second-order valence-electron chi connectivity index (χ2n) is 3.96. The Balaban J connectivity index is 2.84. The number of rotatable bonds is 5. The highest BCUT2D eigenvalue weighted by Gasteiger charge is 2.17. The van der Waals surface area contributed by atoms with Crippen molar-refractivity contribution in [1.29, 1.82) is 0 Å². The number of carbonyl (C=O) groups is 1. The molecule has 0 fully saturated rings. The minimum atomic E-state index is 0.00736. The summed E-state index contributed by atoms with van der Waals surface area (Å²) in [4.78, 5) is 12.1. The van der Waals surface area contributed by atoms with Gasteiger partial charge < -0.3 is 4.74 Å². The standard InChI is InChI=1S/C13H17BrO2/c1-9(7-8-16-3)13(15)11-5-4-6-12(14)10(11)2/h4-6,9H,7-8H2,1-3H3. The average Bonchev–Trinajstić information content (AvgIpc) is 2.28. The van der Waals surface area contributed by atoms with Gasteiger partial charge in [-0.3, -0.25) is 4.79 Å². The molecule has 0 radical (unpaired) electrons. The third kappa shape index (κ3) is 3.16. The van der Waals surface area contributed by atoms with E-state index in [0.717, 1.165) is 22.0 Å². The third-order valence-corrected chi connectivity index (χ3v) is 3.59. The summed E-state index contributed by atoms with van der Waals surface area (Å²) in [6.07, 6.45) is 0.765. The molecule has 0 spiro atoms. The van der Waals surface area contributed by atoms with E-state index in [9.17, 15) is 4.79 Å². The molecule has 1 unspecified atom stereocenters. The summed E-state index contributed by atoms with van der Waals surface area (Å²) in [6.45, 7) is 4.53. The van der Waals surface area contributed by atoms with Gasteiger partial charge in [0, 0.05) is 29.7 Å². The third-order valence-electron chi connectivity index (χ3n) is 2.74. The summed E-state index contributed by atoms with van der Waals surface area (Å²) >= 11 is 3.44. The molecule has 0 aromatic heterocycles. The van der Waals surface area contributed by atoms with E-state index in [-0.39, 0.29) is 11.7 Å². The second kappa shape index (κ2) is 6.16. The molecule has 1 rings (SSSR count). The zero-order valence-electron chi connectivity index (χ0n) is 9.92. The minimum absolute atomic E-state index is 0.00736. The lowest BCUT2D eigenvalue weighted by molar-refractivity contribution is 0.0893. The van der Waals surface area contributed by atoms with Crippen molar-refractivity contribution in [3.63, 3.8) is 0 Å². The summed E-state index contributed by atoms with van der Waals surface area (Å²) in [7, 11) is 1.65. The Morgan fingerprint density at radius 3 is 2.81 bits per heavy atom. The number of hydrogen-bond acceptors (Lipinski definition) is 2. The van der Waals surface area contributed by atoms with Crippen LogP contribution in [0.2, 0.25) is 0 Å². The first kappa shape index (κ1) is 13.4. The van der Waals surface area contributed by atoms with Gasteiger partial charge in [-0.05, 0) is 25.0 Å². The van der Waals surface area contributed by atoms with Crippen molar-refractivity contribution in [2.45, 2.75) is 20.3 Å². The van der Waals surface area contributed by atoms with Gasteiger partial charge in [0.1, 0.15) is 0 Å². The molecule has 0 N–H and O–H groups in total. The molecule has 0 aliphatic rings. The van der Waals surface area contributed by atoms with Gasteiger partial charge in [0.2, 0.25) is 0 Å². The molecule has 0 amide bonds. The maximum atomic E-state index is 12.1. The molecule has 0 aliphatic heterocycles. The maximum absolute atomic E-state index is 12.1. The van der Waals surface area contributed by atoms with E-state index in [1.807, 2.05) is 32.0 Å². The number of benzene rings is 1. The van der Waals surface area contributed by atoms with Crippen molar-refractivity contribution in [1.82, 2.24) is 0 Å². The van der Waals surface area contributed by atoms with Gasteiger partial charge in [0.15, 0.2) is 5.78 Å². The average molecular weight is 285 g/mol. The van der Waals surface area contributed by atoms with Crippen LogP contribution in [0.25, 0.3) is 0 Å². The Hall–Kier alpha value is -0.670. The van der Waals surface area contributed by atoms with Crippen LogP contribution in [0.3, 0.4) is 0 Å². The Morgan fingerprint density at radius 2 is 2.19 bits per heavy atom. The predicted molar refractivity (Wildman–Crippen MR) is 68.9 cm³/mol. The van der Waals surface area contributed by atoms with Gasteiger partial charge in [-0.1, -0.05) is 35.0 Å². The molecule has 16 heavy (non-hydrogen) atoms. The van der Waals surface area contributed by atoms with Crippen LogP contribution in [0, 0.1) is 12.8 Å². The molecule has 3 heteroatoms. The smallest absolute Gasteiger partial charge is 0.166 e. The van der Waals surface area contributed by atoms with Crippen molar-refractivity contribution in [2.24, 2.45) is 5.92 Å². The largest absolute Gasteiger partial charge is 0.385 e. The highest BCUT2D eigenvalue weighted by Crippen LogP contribution is 2.22. The number of Topliss-reactive ketones (excluding diaryl/α,β-unsaturated/α-hetero) is 1. The fourth-order valence-corrected chi connectivity index (χ4v) is 1.93. The van der Waals surface area contributed by atoms with Gasteiger partial charge in [-0.15, -0.1) is 0 Å². The zero-order valence-corrected chi connectivity index (χ0v) is 11.5. The minimum Gasteiger partial charge on any atom is -0.385 e. The highest BCUT2D eigenvalue weighted by molar-refractivity contribution is 9.10. The number of ketones is 1. The van der Waals surface area contributed by atoms with E-state index in [1.165, 1.54) is 0 Å². The van der Waals surface area contributed by atoms with E-state index in [0.29, 0.717) is 6.61 Å². The second-order valence-corrected chi connectivity index (χ2v) is 4.81. The number of halogens is 1. The molecule has 1 aromatic rings. The van der Waals surface area contributed by atoms with Crippen molar-refractivity contribution >= 4 is 21.7 Å². The number of methoxy groups -OCH3 is 1. The maximum Gasteiger partial charge on any atom is 0.166 e. The molecule has 1 atom stereocenters. The van der Waals surface area contributed by atoms with Crippen LogP contribution in [0.4, 0.5) is 0 Å². The molecule has 0 saturated carbocycles. The molecule has 1 aromatic carbocycles. The van der Waals surface area contributed by atoms with E-state index >= 15 is 0 Å². The van der Waals surface area contributed by atoms with E-state index < -0.39 is 0 Å². The summed E-state index contributed by atoms with van der Waals surface area (Å²) in [5, 5.41) is 0. The zero-order chi connectivity index (χ0) is 12.1. The van der Waals surface area contributed by atoms with Crippen molar-refractivity contribution < 1.29 is 9.53 Å². The van der Waals surface area contributed by atoms with Crippen LogP contribution in [0.5, 0.6) is 0 Å². The Labute approximate surface area is 105 Å². The molecular weight excluding hydrogens is 268 g/mol. The van der Waals surface area contributed by atoms with Crippen LogP contribution < -0.4 is 0 Å². The molecule has 88 valence electrons.